The van der Waals surface area contributed by atoms with E-state index in [-0.39, 0.29) is 24.3 Å². The van der Waals surface area contributed by atoms with Crippen LogP contribution in [0.2, 0.25) is 0 Å². The number of hydrogen-bond acceptors (Lipinski definition) is 2. The first kappa shape index (κ1) is 15.8. The number of benzene rings is 2. The molecule has 0 saturated carbocycles. The van der Waals surface area contributed by atoms with Crippen molar-refractivity contribution >= 4 is 12.4 Å². The molecule has 112 valence electrons. The average Bonchev–Trinajstić information content (AvgIpc) is 2.51. The van der Waals surface area contributed by atoms with E-state index in [4.69, 9.17) is 4.74 Å². The van der Waals surface area contributed by atoms with Gasteiger partial charge in [0.1, 0.15) is 17.7 Å². The molecule has 4 heteroatoms. The van der Waals surface area contributed by atoms with Crippen molar-refractivity contribution in [3.05, 3.63) is 66.0 Å². The van der Waals surface area contributed by atoms with E-state index < -0.39 is 0 Å². The molecule has 0 aromatic heterocycles. The first-order chi connectivity index (χ1) is 9.83. The van der Waals surface area contributed by atoms with Gasteiger partial charge >= 0.3 is 0 Å². The van der Waals surface area contributed by atoms with Gasteiger partial charge in [-0.3, -0.25) is 0 Å². The van der Waals surface area contributed by atoms with Gasteiger partial charge in [0.25, 0.3) is 0 Å². The van der Waals surface area contributed by atoms with Crippen molar-refractivity contribution in [3.8, 4) is 5.75 Å². The Morgan fingerprint density at radius 3 is 2.43 bits per heavy atom. The summed E-state index contributed by atoms with van der Waals surface area (Å²) < 4.78 is 19.0. The highest BCUT2D eigenvalue weighted by Gasteiger charge is 2.27. The van der Waals surface area contributed by atoms with Crippen molar-refractivity contribution in [2.45, 2.75) is 18.4 Å². The van der Waals surface area contributed by atoms with Gasteiger partial charge in [-0.05, 0) is 42.8 Å². The molecule has 0 aliphatic carbocycles. The fourth-order valence-electron chi connectivity index (χ4n) is 2.70. The molecule has 1 fully saturated rings. The summed E-state index contributed by atoms with van der Waals surface area (Å²) >= 11 is 0. The van der Waals surface area contributed by atoms with Crippen LogP contribution < -0.4 is 10.1 Å². The van der Waals surface area contributed by atoms with E-state index in [0.29, 0.717) is 5.92 Å². The minimum atomic E-state index is -0.234. The fourth-order valence-corrected chi connectivity index (χ4v) is 2.70. The van der Waals surface area contributed by atoms with Gasteiger partial charge in [-0.25, -0.2) is 4.39 Å². The van der Waals surface area contributed by atoms with Crippen molar-refractivity contribution < 1.29 is 9.13 Å². The predicted octanol–water partition coefficient (Wildman–Crippen LogP) is 3.77. The van der Waals surface area contributed by atoms with Gasteiger partial charge in [-0.1, -0.05) is 30.3 Å². The summed E-state index contributed by atoms with van der Waals surface area (Å²) in [5.74, 6) is 0.830. The van der Waals surface area contributed by atoms with Crippen LogP contribution in [0.15, 0.2) is 54.6 Å². The van der Waals surface area contributed by atoms with Crippen molar-refractivity contribution in [2.75, 3.05) is 13.1 Å². The van der Waals surface area contributed by atoms with Crippen molar-refractivity contribution in [1.29, 1.82) is 0 Å². The van der Waals surface area contributed by atoms with Crippen LogP contribution >= 0.6 is 12.4 Å². The molecule has 2 nitrogen and oxygen atoms in total. The number of ether oxygens (including phenoxy) is 1. The summed E-state index contributed by atoms with van der Waals surface area (Å²) in [6.07, 6.45) is 1.08. The van der Waals surface area contributed by atoms with Crippen LogP contribution in [0.25, 0.3) is 0 Å². The molecule has 0 bridgehead atoms. The lowest BCUT2D eigenvalue weighted by Gasteiger charge is -2.32. The Kier molecular flexibility index (Phi) is 5.59. The Balaban J connectivity index is 0.00000161. The second-order valence-corrected chi connectivity index (χ2v) is 5.12. The molecule has 0 radical (unpaired) electrons. The first-order valence-corrected chi connectivity index (χ1v) is 7.01. The topological polar surface area (TPSA) is 21.3 Å². The van der Waals surface area contributed by atoms with Crippen LogP contribution in [0.4, 0.5) is 4.39 Å². The molecular formula is C17H19ClFNO. The molecule has 0 spiro atoms. The summed E-state index contributed by atoms with van der Waals surface area (Å²) in [6.45, 7) is 1.87. The first-order valence-electron chi connectivity index (χ1n) is 7.01. The molecule has 1 aliphatic heterocycles. The lowest BCUT2D eigenvalue weighted by molar-refractivity contribution is 0.138. The Bertz CT molecular complexity index is 546. The minimum Gasteiger partial charge on any atom is -0.490 e. The third-order valence-electron chi connectivity index (χ3n) is 3.75. The van der Waals surface area contributed by atoms with Crippen LogP contribution in [0.1, 0.15) is 17.9 Å². The molecule has 3 rings (SSSR count). The molecule has 1 saturated heterocycles. The highest BCUT2D eigenvalue weighted by atomic mass is 35.5. The minimum absolute atomic E-state index is 0. The lowest BCUT2D eigenvalue weighted by atomic mass is 9.89. The maximum Gasteiger partial charge on any atom is 0.123 e. The number of hydrogen-bond donors (Lipinski definition) is 1. The molecule has 2 aromatic rings. The Hall–Kier alpha value is -1.58. The highest BCUT2D eigenvalue weighted by Crippen LogP contribution is 2.27. The van der Waals surface area contributed by atoms with Gasteiger partial charge in [0.05, 0.1) is 0 Å². The molecular weight excluding hydrogens is 289 g/mol. The van der Waals surface area contributed by atoms with Gasteiger partial charge in [0.2, 0.25) is 0 Å². The molecule has 1 heterocycles. The van der Waals surface area contributed by atoms with E-state index in [9.17, 15) is 4.39 Å². The molecule has 2 atom stereocenters. The van der Waals surface area contributed by atoms with Crippen molar-refractivity contribution in [1.82, 2.24) is 5.32 Å². The molecule has 2 unspecified atom stereocenters. The molecule has 21 heavy (non-hydrogen) atoms. The fraction of sp³-hybridized carbons (Fsp3) is 0.294. The van der Waals surface area contributed by atoms with E-state index in [1.165, 1.54) is 17.7 Å². The van der Waals surface area contributed by atoms with Gasteiger partial charge < -0.3 is 10.1 Å². The van der Waals surface area contributed by atoms with E-state index in [0.717, 1.165) is 25.3 Å². The van der Waals surface area contributed by atoms with Crippen molar-refractivity contribution in [2.24, 2.45) is 0 Å². The Morgan fingerprint density at radius 1 is 1.00 bits per heavy atom. The Labute approximate surface area is 130 Å². The SMILES string of the molecule is Cl.Fc1ccc(OC2CCNCC2c2ccccc2)cc1. The van der Waals surface area contributed by atoms with Crippen LogP contribution in [0.3, 0.4) is 0 Å². The summed E-state index contributed by atoms with van der Waals surface area (Å²) in [6, 6.07) is 16.7. The lowest BCUT2D eigenvalue weighted by Crippen LogP contribution is -2.41. The summed E-state index contributed by atoms with van der Waals surface area (Å²) in [5, 5.41) is 3.42. The second-order valence-electron chi connectivity index (χ2n) is 5.12. The summed E-state index contributed by atoms with van der Waals surface area (Å²) in [5.41, 5.74) is 1.28. The van der Waals surface area contributed by atoms with E-state index in [1.807, 2.05) is 6.07 Å². The monoisotopic (exact) mass is 307 g/mol. The average molecular weight is 308 g/mol. The number of rotatable bonds is 3. The van der Waals surface area contributed by atoms with Crippen molar-refractivity contribution in [3.63, 3.8) is 0 Å². The maximum atomic E-state index is 12.9. The maximum absolute atomic E-state index is 12.9. The third-order valence-corrected chi connectivity index (χ3v) is 3.75. The number of nitrogens with one attached hydrogen (secondary N) is 1. The van der Waals surface area contributed by atoms with Gasteiger partial charge in [0, 0.05) is 12.5 Å². The Morgan fingerprint density at radius 2 is 1.71 bits per heavy atom. The van der Waals surface area contributed by atoms with Crippen LogP contribution in [0.5, 0.6) is 5.75 Å². The normalized spacial score (nSPS) is 21.4. The van der Waals surface area contributed by atoms with Gasteiger partial charge in [-0.2, -0.15) is 0 Å². The van der Waals surface area contributed by atoms with Gasteiger partial charge in [-0.15, -0.1) is 12.4 Å². The van der Waals surface area contributed by atoms with E-state index in [1.54, 1.807) is 12.1 Å². The van der Waals surface area contributed by atoms with Crippen LogP contribution in [-0.4, -0.2) is 19.2 Å². The highest BCUT2D eigenvalue weighted by molar-refractivity contribution is 5.85. The van der Waals surface area contributed by atoms with Crippen LogP contribution in [0, 0.1) is 5.82 Å². The summed E-state index contributed by atoms with van der Waals surface area (Å²) in [4.78, 5) is 0. The second kappa shape index (κ2) is 7.43. The third kappa shape index (κ3) is 3.96. The largest absolute Gasteiger partial charge is 0.490 e. The number of piperidine rings is 1. The number of halogens is 2. The van der Waals surface area contributed by atoms with Crippen LogP contribution in [-0.2, 0) is 0 Å². The predicted molar refractivity (Wildman–Crippen MR) is 84.7 cm³/mol. The zero-order valence-electron chi connectivity index (χ0n) is 11.7. The molecule has 0 amide bonds. The molecule has 1 aliphatic rings. The standard InChI is InChI=1S/C17H18FNO.ClH/c18-14-6-8-15(9-7-14)20-17-10-11-19-12-16(17)13-4-2-1-3-5-13;/h1-9,16-17,19H,10-12H2;1H. The van der Waals surface area contributed by atoms with E-state index in [2.05, 4.69) is 29.6 Å². The van der Waals surface area contributed by atoms with Gasteiger partial charge in [0.15, 0.2) is 0 Å². The van der Waals surface area contributed by atoms with E-state index >= 15 is 0 Å². The smallest absolute Gasteiger partial charge is 0.123 e. The summed E-state index contributed by atoms with van der Waals surface area (Å²) in [7, 11) is 0. The zero-order valence-corrected chi connectivity index (χ0v) is 12.5. The quantitative estimate of drug-likeness (QED) is 0.932. The molecule has 2 aromatic carbocycles. The molecule has 1 N–H and O–H groups in total. The zero-order chi connectivity index (χ0) is 13.8.